The summed E-state index contributed by atoms with van der Waals surface area (Å²) in [5.41, 5.74) is -1.99. The second kappa shape index (κ2) is 4.32. The minimum Gasteiger partial charge on any atom is -0.445 e. The number of hydrogen-bond donors (Lipinski definition) is 0. The first kappa shape index (κ1) is 13.5. The largest absolute Gasteiger partial charge is 0.512 e. The van der Waals surface area contributed by atoms with Crippen LogP contribution >= 0.6 is 0 Å². The Morgan fingerprint density at radius 2 is 1.79 bits per heavy atom. The summed E-state index contributed by atoms with van der Waals surface area (Å²) >= 11 is 0. The molecule has 1 aromatic heterocycles. The van der Waals surface area contributed by atoms with E-state index in [0.717, 1.165) is 22.9 Å². The number of hydrogen-bond acceptors (Lipinski definition) is 1. The summed E-state index contributed by atoms with van der Waals surface area (Å²) in [6.07, 6.45) is -3.31. The highest BCUT2D eigenvalue weighted by Crippen LogP contribution is 2.30. The third-order valence-corrected chi connectivity index (χ3v) is 2.42. The fourth-order valence-electron chi connectivity index (χ4n) is 1.47. The Balaban J connectivity index is 2.40. The van der Waals surface area contributed by atoms with Gasteiger partial charge in [0.15, 0.2) is 0 Å². The van der Waals surface area contributed by atoms with Crippen molar-refractivity contribution in [2.75, 3.05) is 0 Å². The summed E-state index contributed by atoms with van der Waals surface area (Å²) in [7, 11) is 0. The quantitative estimate of drug-likeness (QED) is 0.610. The lowest BCUT2D eigenvalue weighted by Gasteiger charge is -2.11. The number of rotatable bonds is 2. The van der Waals surface area contributed by atoms with Crippen molar-refractivity contribution in [1.29, 1.82) is 0 Å². The summed E-state index contributed by atoms with van der Waals surface area (Å²) in [4.78, 5) is 0. The topological polar surface area (TPSA) is 17.8 Å². The average molecular weight is 279 g/mol. The fraction of sp³-hybridized carbons (Fsp3) is 0.100. The first-order chi connectivity index (χ1) is 8.68. The minimum absolute atomic E-state index is 0.0823. The van der Waals surface area contributed by atoms with Crippen molar-refractivity contribution in [3.8, 4) is 5.69 Å². The van der Waals surface area contributed by atoms with Crippen LogP contribution in [0.2, 0.25) is 0 Å². The molecule has 0 atom stereocenters. The van der Waals surface area contributed by atoms with Gasteiger partial charge in [0.25, 0.3) is 0 Å². The number of alkyl halides is 3. The van der Waals surface area contributed by atoms with E-state index < -0.39 is 24.2 Å². The summed E-state index contributed by atoms with van der Waals surface area (Å²) in [6, 6.07) is 3.93. The molecule has 0 saturated heterocycles. The summed E-state index contributed by atoms with van der Waals surface area (Å²) in [5.74, 6) is 0. The standard InChI is InChI=1S/C10H6BF6N2/c12-10(13,14)7-2-1-3-9(4-7)19-6-8(5-18-19)11(15,16)17/h1-6H/q-1. The number of aromatic nitrogens is 2. The maximum absolute atomic E-state index is 12.5. The van der Waals surface area contributed by atoms with Crippen LogP contribution in [-0.4, -0.2) is 16.8 Å². The van der Waals surface area contributed by atoms with Crippen LogP contribution in [0.25, 0.3) is 5.69 Å². The fourth-order valence-corrected chi connectivity index (χ4v) is 1.47. The molecule has 102 valence electrons. The highest BCUT2D eigenvalue weighted by molar-refractivity contribution is 6.73. The molecular weight excluding hydrogens is 273 g/mol. The molecule has 0 fully saturated rings. The molecule has 0 aliphatic rings. The van der Waals surface area contributed by atoms with E-state index in [2.05, 4.69) is 5.10 Å². The van der Waals surface area contributed by atoms with E-state index in [1.54, 1.807) is 0 Å². The molecule has 19 heavy (non-hydrogen) atoms. The molecule has 2 aromatic rings. The van der Waals surface area contributed by atoms with E-state index >= 15 is 0 Å². The molecular formula is C10H6BF6N2-. The van der Waals surface area contributed by atoms with Crippen molar-refractivity contribution in [2.24, 2.45) is 0 Å². The minimum atomic E-state index is -5.22. The second-order valence-electron chi connectivity index (χ2n) is 3.84. The number of benzene rings is 1. The van der Waals surface area contributed by atoms with Gasteiger partial charge in [-0.25, -0.2) is 4.68 Å². The van der Waals surface area contributed by atoms with Crippen LogP contribution in [0, 0.1) is 0 Å². The van der Waals surface area contributed by atoms with Gasteiger partial charge in [0, 0.05) is 12.4 Å². The normalized spacial score (nSPS) is 12.7. The second-order valence-corrected chi connectivity index (χ2v) is 3.84. The SMILES string of the molecule is F[B-](F)(F)c1cnn(-c2cccc(C(F)(F)F)c2)c1. The third-order valence-electron chi connectivity index (χ3n) is 2.42. The number of halogens is 6. The van der Waals surface area contributed by atoms with Gasteiger partial charge in [0.1, 0.15) is 0 Å². The molecule has 0 spiro atoms. The lowest BCUT2D eigenvalue weighted by Crippen LogP contribution is -2.32. The van der Waals surface area contributed by atoms with Gasteiger partial charge in [-0.15, -0.1) is 0 Å². The van der Waals surface area contributed by atoms with Gasteiger partial charge in [-0.1, -0.05) is 11.5 Å². The van der Waals surface area contributed by atoms with Gasteiger partial charge in [-0.2, -0.15) is 18.3 Å². The maximum Gasteiger partial charge on any atom is 0.512 e. The predicted molar refractivity (Wildman–Crippen MR) is 57.3 cm³/mol. The molecule has 0 saturated carbocycles. The molecule has 2 rings (SSSR count). The zero-order valence-corrected chi connectivity index (χ0v) is 9.20. The molecule has 0 N–H and O–H groups in total. The highest BCUT2D eigenvalue weighted by atomic mass is 19.4. The van der Waals surface area contributed by atoms with Gasteiger partial charge in [-0.3, -0.25) is 0 Å². The smallest absolute Gasteiger partial charge is 0.445 e. The zero-order chi connectivity index (χ0) is 14.3. The van der Waals surface area contributed by atoms with Gasteiger partial charge in [0.2, 0.25) is 0 Å². The van der Waals surface area contributed by atoms with Crippen molar-refractivity contribution < 1.29 is 26.1 Å². The van der Waals surface area contributed by atoms with E-state index in [1.165, 1.54) is 6.07 Å². The maximum atomic E-state index is 12.5. The molecule has 2 nitrogen and oxygen atoms in total. The van der Waals surface area contributed by atoms with Crippen LogP contribution in [0.1, 0.15) is 5.56 Å². The number of nitrogens with zero attached hydrogens (tertiary/aromatic N) is 2. The van der Waals surface area contributed by atoms with Crippen LogP contribution in [0.3, 0.4) is 0 Å². The monoisotopic (exact) mass is 279 g/mol. The Hall–Kier alpha value is -1.93. The van der Waals surface area contributed by atoms with Crippen molar-refractivity contribution in [1.82, 2.24) is 9.78 Å². The van der Waals surface area contributed by atoms with E-state index in [9.17, 15) is 26.1 Å². The first-order valence-electron chi connectivity index (χ1n) is 5.10. The summed E-state index contributed by atoms with van der Waals surface area (Å²) in [6.45, 7) is -5.22. The molecule has 0 unspecified atom stereocenters. The van der Waals surface area contributed by atoms with Crippen LogP contribution < -0.4 is 5.46 Å². The summed E-state index contributed by atoms with van der Waals surface area (Å²) in [5, 5.41) is 3.42. The molecule has 0 aliphatic heterocycles. The van der Waals surface area contributed by atoms with Crippen LogP contribution in [0.15, 0.2) is 36.7 Å². The molecule has 0 amide bonds. The van der Waals surface area contributed by atoms with Crippen molar-refractivity contribution >= 4 is 12.4 Å². The van der Waals surface area contributed by atoms with E-state index in [4.69, 9.17) is 0 Å². The lowest BCUT2D eigenvalue weighted by molar-refractivity contribution is -0.137. The van der Waals surface area contributed by atoms with Crippen molar-refractivity contribution in [3.05, 3.63) is 42.2 Å². The van der Waals surface area contributed by atoms with Crippen LogP contribution in [-0.2, 0) is 6.18 Å². The van der Waals surface area contributed by atoms with Crippen LogP contribution in [0.5, 0.6) is 0 Å². The van der Waals surface area contributed by atoms with Crippen molar-refractivity contribution in [2.45, 2.75) is 6.18 Å². The van der Waals surface area contributed by atoms with Crippen LogP contribution in [0.4, 0.5) is 26.1 Å². The Labute approximate surface area is 103 Å². The molecule has 1 heterocycles. The molecule has 0 aliphatic carbocycles. The zero-order valence-electron chi connectivity index (χ0n) is 9.20. The van der Waals surface area contributed by atoms with Gasteiger partial charge in [-0.05, 0) is 18.2 Å². The lowest BCUT2D eigenvalue weighted by atomic mass is 9.83. The van der Waals surface area contributed by atoms with E-state index in [1.807, 2.05) is 0 Å². The predicted octanol–water partition coefficient (Wildman–Crippen LogP) is 2.95. The Morgan fingerprint density at radius 3 is 2.32 bits per heavy atom. The first-order valence-corrected chi connectivity index (χ1v) is 5.10. The highest BCUT2D eigenvalue weighted by Gasteiger charge is 2.31. The third kappa shape index (κ3) is 2.91. The van der Waals surface area contributed by atoms with E-state index in [0.29, 0.717) is 12.4 Å². The Bertz CT molecular complexity index is 586. The van der Waals surface area contributed by atoms with E-state index in [-0.39, 0.29) is 5.69 Å². The van der Waals surface area contributed by atoms with Gasteiger partial charge >= 0.3 is 13.2 Å². The van der Waals surface area contributed by atoms with Crippen molar-refractivity contribution in [3.63, 3.8) is 0 Å². The van der Waals surface area contributed by atoms with Gasteiger partial charge < -0.3 is 12.9 Å². The molecule has 0 bridgehead atoms. The molecule has 9 heteroatoms. The molecule has 1 aromatic carbocycles. The molecule has 0 radical (unpaired) electrons. The Morgan fingerprint density at radius 1 is 1.11 bits per heavy atom. The average Bonchev–Trinajstić information content (AvgIpc) is 2.77. The summed E-state index contributed by atoms with van der Waals surface area (Å²) < 4.78 is 75.4. The Kier molecular flexibility index (Phi) is 3.07. The van der Waals surface area contributed by atoms with Gasteiger partial charge in [0.05, 0.1) is 11.3 Å².